The van der Waals surface area contributed by atoms with Crippen molar-refractivity contribution in [2.24, 2.45) is 17.8 Å². The number of nitrogens with zero attached hydrogens (tertiary/aromatic N) is 1. The van der Waals surface area contributed by atoms with E-state index in [0.29, 0.717) is 31.3 Å². The second-order valence-electron chi connectivity index (χ2n) is 11.2. The van der Waals surface area contributed by atoms with Crippen molar-refractivity contribution in [1.29, 1.82) is 0 Å². The number of alkyl carbamates (subject to hydrolysis) is 1. The summed E-state index contributed by atoms with van der Waals surface area (Å²) in [6.45, 7) is 6.73. The normalized spacial score (nSPS) is 25.4. The van der Waals surface area contributed by atoms with Gasteiger partial charge in [0.05, 0.1) is 20.8 Å². The largest absolute Gasteiger partial charge is 0.493 e. The van der Waals surface area contributed by atoms with Crippen molar-refractivity contribution in [2.75, 3.05) is 33.9 Å². The maximum Gasteiger partial charge on any atom is 0.408 e. The van der Waals surface area contributed by atoms with Gasteiger partial charge < -0.3 is 24.6 Å². The SMILES string of the molecule is COc1cc2c(cc1OC)[C@H]1C[C@@H](COC(=O)NC3(C(=O)O)CCCCC3)[C@H](CC(C)C)CN1CC2. The number of carbonyl (C=O) groups excluding carboxylic acids is 1. The number of nitrogens with one attached hydrogen (secondary N) is 1. The predicted octanol–water partition coefficient (Wildman–Crippen LogP) is 4.80. The summed E-state index contributed by atoms with van der Waals surface area (Å²) in [6, 6.07) is 4.44. The molecule has 2 N–H and O–H groups in total. The number of piperidine rings is 1. The first-order valence-electron chi connectivity index (χ1n) is 13.4. The first kappa shape index (κ1) is 26.6. The van der Waals surface area contributed by atoms with Crippen LogP contribution < -0.4 is 14.8 Å². The van der Waals surface area contributed by atoms with E-state index in [4.69, 9.17) is 14.2 Å². The van der Waals surface area contributed by atoms with E-state index in [0.717, 1.165) is 63.1 Å². The number of carboxylic acids is 1. The summed E-state index contributed by atoms with van der Waals surface area (Å²) in [5.41, 5.74) is 1.35. The third kappa shape index (κ3) is 5.58. The second-order valence-corrected chi connectivity index (χ2v) is 11.2. The van der Waals surface area contributed by atoms with E-state index < -0.39 is 17.6 Å². The van der Waals surface area contributed by atoms with Gasteiger partial charge in [-0.05, 0) is 73.1 Å². The molecule has 1 aliphatic carbocycles. The summed E-state index contributed by atoms with van der Waals surface area (Å²) < 4.78 is 16.9. The first-order chi connectivity index (χ1) is 17.3. The fourth-order valence-corrected chi connectivity index (χ4v) is 6.54. The third-order valence-electron chi connectivity index (χ3n) is 8.44. The number of methoxy groups -OCH3 is 2. The van der Waals surface area contributed by atoms with Gasteiger partial charge in [-0.1, -0.05) is 33.1 Å². The zero-order valence-corrected chi connectivity index (χ0v) is 22.2. The molecule has 2 fully saturated rings. The number of fused-ring (bicyclic) bond motifs is 3. The number of ether oxygens (including phenoxy) is 3. The summed E-state index contributed by atoms with van der Waals surface area (Å²) in [5.74, 6) is 1.69. The van der Waals surface area contributed by atoms with Crippen LogP contribution in [0, 0.1) is 17.8 Å². The number of carbonyl (C=O) groups is 2. The van der Waals surface area contributed by atoms with Gasteiger partial charge in [-0.15, -0.1) is 0 Å². The minimum atomic E-state index is -1.20. The van der Waals surface area contributed by atoms with E-state index in [1.54, 1.807) is 14.2 Å². The van der Waals surface area contributed by atoms with Gasteiger partial charge in [-0.3, -0.25) is 4.90 Å². The van der Waals surface area contributed by atoms with Crippen LogP contribution in [0.3, 0.4) is 0 Å². The predicted molar refractivity (Wildman–Crippen MR) is 137 cm³/mol. The van der Waals surface area contributed by atoms with E-state index in [-0.39, 0.29) is 12.0 Å². The molecule has 2 heterocycles. The van der Waals surface area contributed by atoms with Gasteiger partial charge in [0.2, 0.25) is 0 Å². The number of rotatable bonds is 8. The molecule has 8 heteroatoms. The number of benzene rings is 1. The van der Waals surface area contributed by atoms with Gasteiger partial charge >= 0.3 is 12.1 Å². The molecule has 0 radical (unpaired) electrons. The average molecular weight is 503 g/mol. The minimum Gasteiger partial charge on any atom is -0.493 e. The van der Waals surface area contributed by atoms with Gasteiger partial charge in [-0.25, -0.2) is 9.59 Å². The monoisotopic (exact) mass is 502 g/mol. The van der Waals surface area contributed by atoms with Crippen LogP contribution in [-0.2, 0) is 16.0 Å². The van der Waals surface area contributed by atoms with E-state index in [2.05, 4.69) is 36.2 Å². The summed E-state index contributed by atoms with van der Waals surface area (Å²) >= 11 is 0. The van der Waals surface area contributed by atoms with Gasteiger partial charge in [0.15, 0.2) is 11.5 Å². The lowest BCUT2D eigenvalue weighted by Crippen LogP contribution is -2.56. The van der Waals surface area contributed by atoms with Crippen LogP contribution in [0.4, 0.5) is 4.79 Å². The van der Waals surface area contributed by atoms with E-state index in [1.807, 2.05) is 0 Å². The van der Waals surface area contributed by atoms with Crippen molar-refractivity contribution < 1.29 is 28.9 Å². The molecule has 1 aromatic rings. The Morgan fingerprint density at radius 1 is 1.11 bits per heavy atom. The molecule has 200 valence electrons. The van der Waals surface area contributed by atoms with Crippen molar-refractivity contribution in [3.63, 3.8) is 0 Å². The summed E-state index contributed by atoms with van der Waals surface area (Å²) in [4.78, 5) is 27.3. The molecule has 3 aliphatic rings. The van der Waals surface area contributed by atoms with Crippen LogP contribution in [-0.4, -0.2) is 61.5 Å². The molecular formula is C28H42N2O6. The van der Waals surface area contributed by atoms with Crippen molar-refractivity contribution in [1.82, 2.24) is 10.2 Å². The Labute approximate surface area is 214 Å². The van der Waals surface area contributed by atoms with Crippen LogP contribution >= 0.6 is 0 Å². The minimum absolute atomic E-state index is 0.200. The average Bonchev–Trinajstić information content (AvgIpc) is 2.86. The highest BCUT2D eigenvalue weighted by Gasteiger charge is 2.43. The van der Waals surface area contributed by atoms with Gasteiger partial charge in [0.25, 0.3) is 0 Å². The van der Waals surface area contributed by atoms with Crippen LogP contribution in [0.2, 0.25) is 0 Å². The molecule has 36 heavy (non-hydrogen) atoms. The van der Waals surface area contributed by atoms with Gasteiger partial charge in [-0.2, -0.15) is 0 Å². The Kier molecular flexibility index (Phi) is 8.33. The highest BCUT2D eigenvalue weighted by molar-refractivity contribution is 5.84. The van der Waals surface area contributed by atoms with Gasteiger partial charge in [0, 0.05) is 19.1 Å². The number of carboxylic acid groups (broad SMARTS) is 1. The first-order valence-corrected chi connectivity index (χ1v) is 13.4. The second kappa shape index (κ2) is 11.3. The number of hydrogen-bond donors (Lipinski definition) is 2. The molecule has 0 aromatic heterocycles. The zero-order chi connectivity index (χ0) is 25.9. The Bertz CT molecular complexity index is 942. The van der Waals surface area contributed by atoms with Crippen molar-refractivity contribution in [3.8, 4) is 11.5 Å². The molecule has 3 atom stereocenters. The number of amides is 1. The summed E-state index contributed by atoms with van der Waals surface area (Å²) in [6.07, 6.45) is 5.83. The molecule has 1 saturated heterocycles. The molecule has 4 rings (SSSR count). The summed E-state index contributed by atoms with van der Waals surface area (Å²) in [5, 5.41) is 12.5. The smallest absolute Gasteiger partial charge is 0.408 e. The van der Waals surface area contributed by atoms with Crippen LogP contribution in [0.1, 0.15) is 76.0 Å². The molecule has 1 amide bonds. The summed E-state index contributed by atoms with van der Waals surface area (Å²) in [7, 11) is 3.33. The van der Waals surface area contributed by atoms with Crippen LogP contribution in [0.5, 0.6) is 11.5 Å². The maximum atomic E-state index is 12.8. The van der Waals surface area contributed by atoms with Crippen LogP contribution in [0.15, 0.2) is 12.1 Å². The molecule has 2 aliphatic heterocycles. The van der Waals surface area contributed by atoms with Crippen molar-refractivity contribution >= 4 is 12.1 Å². The van der Waals surface area contributed by atoms with Crippen molar-refractivity contribution in [2.45, 2.75) is 76.8 Å². The lowest BCUT2D eigenvalue weighted by atomic mass is 9.74. The number of aliphatic carboxylic acids is 1. The fraction of sp³-hybridized carbons (Fsp3) is 0.714. The highest BCUT2D eigenvalue weighted by Crippen LogP contribution is 2.45. The third-order valence-corrected chi connectivity index (χ3v) is 8.44. The molecule has 0 unspecified atom stereocenters. The lowest BCUT2D eigenvalue weighted by molar-refractivity contribution is -0.146. The molecule has 0 spiro atoms. The lowest BCUT2D eigenvalue weighted by Gasteiger charge is -2.47. The van der Waals surface area contributed by atoms with Crippen molar-refractivity contribution in [3.05, 3.63) is 23.3 Å². The molecule has 8 nitrogen and oxygen atoms in total. The maximum absolute atomic E-state index is 12.8. The standard InChI is InChI=1S/C28H42N2O6/c1-18(2)12-20-16-30-11-8-19-14-24(34-3)25(35-4)15-22(19)23(30)13-21(20)17-36-27(33)29-28(26(31)32)9-6-5-7-10-28/h14-15,18,20-21,23H,5-13,16-17H2,1-4H3,(H,29,33)(H,31,32)/t20-,21+,23-/m1/s1. The van der Waals surface area contributed by atoms with Crippen LogP contribution in [0.25, 0.3) is 0 Å². The Morgan fingerprint density at radius 3 is 2.44 bits per heavy atom. The molecule has 0 bridgehead atoms. The molecule has 1 aromatic carbocycles. The molecule has 1 saturated carbocycles. The van der Waals surface area contributed by atoms with E-state index >= 15 is 0 Å². The Morgan fingerprint density at radius 2 is 1.81 bits per heavy atom. The zero-order valence-electron chi connectivity index (χ0n) is 22.2. The van der Waals surface area contributed by atoms with E-state index in [1.165, 1.54) is 11.1 Å². The Hall–Kier alpha value is -2.48. The van der Waals surface area contributed by atoms with E-state index in [9.17, 15) is 14.7 Å². The number of hydrogen-bond acceptors (Lipinski definition) is 6. The fourth-order valence-electron chi connectivity index (χ4n) is 6.54. The quantitative estimate of drug-likeness (QED) is 0.527. The highest BCUT2D eigenvalue weighted by atomic mass is 16.5. The topological polar surface area (TPSA) is 97.3 Å². The molecular weight excluding hydrogens is 460 g/mol. The van der Waals surface area contributed by atoms with Gasteiger partial charge in [0.1, 0.15) is 5.54 Å². The Balaban J connectivity index is 1.49.